The lowest BCUT2D eigenvalue weighted by atomic mass is 10.0. The molecule has 0 aliphatic heterocycles. The van der Waals surface area contributed by atoms with Crippen LogP contribution in [0.1, 0.15) is 45.6 Å². The monoisotopic (exact) mass is 362 g/mol. The molecule has 0 saturated heterocycles. The van der Waals surface area contributed by atoms with Crippen LogP contribution in [0.15, 0.2) is 36.4 Å². The zero-order chi connectivity index (χ0) is 19.1. The molecule has 1 fully saturated rings. The number of aryl methyl sites for hydroxylation is 3. The van der Waals surface area contributed by atoms with Crippen LogP contribution in [0.25, 0.3) is 10.9 Å². The number of hydrogen-bond donors (Lipinski definition) is 1. The standard InChI is InChI=1S/C23H26N2O2/c1-14-8-9-15(2)21-20(14)16(3)22(24-21)23(26)25(18-10-11-18)13-17-6-5-7-19(12-17)27-4/h5-9,12,18,24H,10-11,13H2,1-4H3. The van der Waals surface area contributed by atoms with Crippen LogP contribution in [-0.2, 0) is 6.54 Å². The predicted octanol–water partition coefficient (Wildman–Crippen LogP) is 4.91. The number of nitrogens with one attached hydrogen (secondary N) is 1. The smallest absolute Gasteiger partial charge is 0.271 e. The molecular formula is C23H26N2O2. The van der Waals surface area contributed by atoms with E-state index >= 15 is 0 Å². The minimum atomic E-state index is 0.0906. The second-order valence-electron chi connectivity index (χ2n) is 7.59. The lowest BCUT2D eigenvalue weighted by Gasteiger charge is -2.22. The number of amides is 1. The van der Waals surface area contributed by atoms with Gasteiger partial charge in [0.1, 0.15) is 11.4 Å². The molecule has 4 heteroatoms. The van der Waals surface area contributed by atoms with Crippen LogP contribution >= 0.6 is 0 Å². The minimum absolute atomic E-state index is 0.0906. The molecule has 3 aromatic rings. The fourth-order valence-corrected chi connectivity index (χ4v) is 3.88. The Labute approximate surface area is 160 Å². The van der Waals surface area contributed by atoms with Gasteiger partial charge < -0.3 is 14.6 Å². The Hall–Kier alpha value is -2.75. The Kier molecular flexibility index (Phi) is 4.42. The van der Waals surface area contributed by atoms with Gasteiger partial charge in [-0.1, -0.05) is 24.3 Å². The maximum atomic E-state index is 13.5. The van der Waals surface area contributed by atoms with Crippen molar-refractivity contribution in [1.82, 2.24) is 9.88 Å². The molecule has 4 nitrogen and oxygen atoms in total. The van der Waals surface area contributed by atoms with Crippen LogP contribution in [0.5, 0.6) is 5.75 Å². The number of ether oxygens (including phenoxy) is 1. The van der Waals surface area contributed by atoms with Crippen molar-refractivity contribution in [2.24, 2.45) is 0 Å². The molecule has 1 heterocycles. The number of methoxy groups -OCH3 is 1. The highest BCUT2D eigenvalue weighted by molar-refractivity contribution is 6.02. The van der Waals surface area contributed by atoms with E-state index < -0.39 is 0 Å². The van der Waals surface area contributed by atoms with Gasteiger partial charge in [0, 0.05) is 23.5 Å². The van der Waals surface area contributed by atoms with E-state index in [-0.39, 0.29) is 5.91 Å². The SMILES string of the molecule is COc1cccc(CN(C(=O)c2[nH]c3c(C)ccc(C)c3c2C)C2CC2)c1. The first kappa shape index (κ1) is 17.7. The molecule has 0 atom stereocenters. The van der Waals surface area contributed by atoms with Gasteiger partial charge in [0.25, 0.3) is 5.91 Å². The van der Waals surface area contributed by atoms with Gasteiger partial charge in [-0.3, -0.25) is 4.79 Å². The highest BCUT2D eigenvalue weighted by Gasteiger charge is 2.34. The second kappa shape index (κ2) is 6.76. The first-order valence-electron chi connectivity index (χ1n) is 9.52. The Morgan fingerprint density at radius 1 is 1.15 bits per heavy atom. The number of H-pyrrole nitrogens is 1. The van der Waals surface area contributed by atoms with Crippen LogP contribution in [0.2, 0.25) is 0 Å². The third-order valence-corrected chi connectivity index (χ3v) is 5.57. The summed E-state index contributed by atoms with van der Waals surface area (Å²) in [4.78, 5) is 18.9. The van der Waals surface area contributed by atoms with E-state index in [1.807, 2.05) is 23.1 Å². The van der Waals surface area contributed by atoms with Crippen molar-refractivity contribution < 1.29 is 9.53 Å². The van der Waals surface area contributed by atoms with E-state index in [1.165, 1.54) is 16.5 Å². The highest BCUT2D eigenvalue weighted by atomic mass is 16.5. The number of fused-ring (bicyclic) bond motifs is 1. The van der Waals surface area contributed by atoms with Gasteiger partial charge in [-0.05, 0) is 68.0 Å². The van der Waals surface area contributed by atoms with E-state index in [9.17, 15) is 4.79 Å². The van der Waals surface area contributed by atoms with Crippen LogP contribution in [0, 0.1) is 20.8 Å². The van der Waals surface area contributed by atoms with Crippen molar-refractivity contribution in [2.45, 2.75) is 46.2 Å². The predicted molar refractivity (Wildman–Crippen MR) is 108 cm³/mol. The number of nitrogens with zero attached hydrogens (tertiary/aromatic N) is 1. The maximum Gasteiger partial charge on any atom is 0.271 e. The Morgan fingerprint density at radius 3 is 2.56 bits per heavy atom. The average Bonchev–Trinajstić information content (AvgIpc) is 3.45. The molecule has 1 aliphatic rings. The Balaban J connectivity index is 1.71. The third kappa shape index (κ3) is 3.20. The van der Waals surface area contributed by atoms with Crippen LogP contribution in [-0.4, -0.2) is 28.9 Å². The second-order valence-corrected chi connectivity index (χ2v) is 7.59. The summed E-state index contributed by atoms with van der Waals surface area (Å²) in [5.74, 6) is 0.913. The highest BCUT2D eigenvalue weighted by Crippen LogP contribution is 2.33. The maximum absolute atomic E-state index is 13.5. The molecule has 1 aromatic heterocycles. The number of carbonyl (C=O) groups excluding carboxylic acids is 1. The van der Waals surface area contributed by atoms with Crippen molar-refractivity contribution in [3.05, 3.63) is 64.3 Å². The summed E-state index contributed by atoms with van der Waals surface area (Å²) >= 11 is 0. The van der Waals surface area contributed by atoms with E-state index in [2.05, 4.69) is 44.0 Å². The number of rotatable bonds is 5. The van der Waals surface area contributed by atoms with E-state index in [0.717, 1.165) is 40.9 Å². The summed E-state index contributed by atoms with van der Waals surface area (Å²) in [6.45, 7) is 6.84. The number of aromatic amines is 1. The summed E-state index contributed by atoms with van der Waals surface area (Å²) in [5.41, 5.74) is 6.31. The van der Waals surface area contributed by atoms with Crippen molar-refractivity contribution in [1.29, 1.82) is 0 Å². The van der Waals surface area contributed by atoms with Crippen molar-refractivity contribution >= 4 is 16.8 Å². The molecule has 27 heavy (non-hydrogen) atoms. The normalized spacial score (nSPS) is 13.8. The number of hydrogen-bond acceptors (Lipinski definition) is 2. The summed E-state index contributed by atoms with van der Waals surface area (Å²) in [7, 11) is 1.67. The van der Waals surface area contributed by atoms with Crippen LogP contribution in [0.4, 0.5) is 0 Å². The quantitative estimate of drug-likeness (QED) is 0.701. The van der Waals surface area contributed by atoms with Gasteiger partial charge >= 0.3 is 0 Å². The molecule has 4 rings (SSSR count). The molecule has 1 saturated carbocycles. The van der Waals surface area contributed by atoms with Gasteiger partial charge in [0.05, 0.1) is 7.11 Å². The van der Waals surface area contributed by atoms with E-state index in [4.69, 9.17) is 4.74 Å². The molecule has 140 valence electrons. The summed E-state index contributed by atoms with van der Waals surface area (Å²) in [6.07, 6.45) is 2.15. The fraction of sp³-hybridized carbons (Fsp3) is 0.348. The Morgan fingerprint density at radius 2 is 1.89 bits per heavy atom. The van der Waals surface area contributed by atoms with Crippen molar-refractivity contribution in [3.8, 4) is 5.75 Å². The Bertz CT molecular complexity index is 1010. The molecule has 1 N–H and O–H groups in total. The molecule has 0 bridgehead atoms. The topological polar surface area (TPSA) is 45.3 Å². The zero-order valence-electron chi connectivity index (χ0n) is 16.4. The molecular weight excluding hydrogens is 336 g/mol. The van der Waals surface area contributed by atoms with Gasteiger partial charge in [-0.15, -0.1) is 0 Å². The first-order chi connectivity index (χ1) is 13.0. The molecule has 0 radical (unpaired) electrons. The molecule has 0 unspecified atom stereocenters. The van der Waals surface area contributed by atoms with Crippen LogP contribution < -0.4 is 4.74 Å². The lowest BCUT2D eigenvalue weighted by molar-refractivity contribution is 0.0724. The van der Waals surface area contributed by atoms with Crippen molar-refractivity contribution in [3.63, 3.8) is 0 Å². The van der Waals surface area contributed by atoms with Crippen molar-refractivity contribution in [2.75, 3.05) is 7.11 Å². The number of benzene rings is 2. The zero-order valence-corrected chi connectivity index (χ0v) is 16.4. The summed E-state index contributed by atoms with van der Waals surface area (Å²) < 4.78 is 5.33. The third-order valence-electron chi connectivity index (χ3n) is 5.57. The molecule has 2 aromatic carbocycles. The van der Waals surface area contributed by atoms with E-state index in [1.54, 1.807) is 7.11 Å². The minimum Gasteiger partial charge on any atom is -0.497 e. The number of aromatic nitrogens is 1. The lowest BCUT2D eigenvalue weighted by Crippen LogP contribution is -2.33. The van der Waals surface area contributed by atoms with Gasteiger partial charge in [0.2, 0.25) is 0 Å². The molecule has 1 aliphatic carbocycles. The van der Waals surface area contributed by atoms with Gasteiger partial charge in [-0.2, -0.15) is 0 Å². The first-order valence-corrected chi connectivity index (χ1v) is 9.52. The molecule has 0 spiro atoms. The van der Waals surface area contributed by atoms with E-state index in [0.29, 0.717) is 12.6 Å². The summed E-state index contributed by atoms with van der Waals surface area (Å²) in [5, 5.41) is 1.18. The van der Waals surface area contributed by atoms with Crippen LogP contribution in [0.3, 0.4) is 0 Å². The molecule has 1 amide bonds. The average molecular weight is 362 g/mol. The number of carbonyl (C=O) groups is 1. The largest absolute Gasteiger partial charge is 0.497 e. The van der Waals surface area contributed by atoms with Gasteiger partial charge in [-0.25, -0.2) is 0 Å². The fourth-order valence-electron chi connectivity index (χ4n) is 3.88. The van der Waals surface area contributed by atoms with Gasteiger partial charge in [0.15, 0.2) is 0 Å². The summed E-state index contributed by atoms with van der Waals surface area (Å²) in [6, 6.07) is 12.5.